The Morgan fingerprint density at radius 3 is 2.52 bits per heavy atom. The summed E-state index contributed by atoms with van der Waals surface area (Å²) in [5.41, 5.74) is 3.28. The Bertz CT molecular complexity index is 894. The largest absolute Gasteiger partial charge is 0.366 e. The summed E-state index contributed by atoms with van der Waals surface area (Å²) in [5.74, 6) is -0.634. The number of aryl methyl sites for hydroxylation is 1. The van der Waals surface area contributed by atoms with Crippen molar-refractivity contribution < 1.29 is 13.6 Å². The third-order valence-corrected chi connectivity index (χ3v) is 4.26. The minimum absolute atomic E-state index is 0.0217. The molecule has 0 unspecified atom stereocenters. The first-order valence-corrected chi connectivity index (χ1v) is 9.05. The zero-order valence-electron chi connectivity index (χ0n) is 16.7. The maximum absolute atomic E-state index is 13.3. The second kappa shape index (κ2) is 10.4. The maximum Gasteiger partial charge on any atom is 0.281 e. The second-order valence-corrected chi connectivity index (χ2v) is 6.45. The molecule has 1 heterocycles. The molecule has 0 aliphatic carbocycles. The van der Waals surface area contributed by atoms with Gasteiger partial charge < -0.3 is 16.0 Å². The van der Waals surface area contributed by atoms with Crippen LogP contribution in [0.15, 0.2) is 47.2 Å². The second-order valence-electron chi connectivity index (χ2n) is 6.45. The lowest BCUT2D eigenvalue weighted by Gasteiger charge is -2.15. The molecular formula is C21H25F2N5O. The first-order chi connectivity index (χ1) is 13.9. The van der Waals surface area contributed by atoms with Gasteiger partial charge in [-0.1, -0.05) is 29.8 Å². The van der Waals surface area contributed by atoms with E-state index in [4.69, 9.17) is 0 Å². The molecule has 0 saturated carbocycles. The van der Waals surface area contributed by atoms with Crippen molar-refractivity contribution in [3.63, 3.8) is 0 Å². The summed E-state index contributed by atoms with van der Waals surface area (Å²) >= 11 is 0. The van der Waals surface area contributed by atoms with Crippen LogP contribution in [-0.2, 0) is 6.54 Å². The highest BCUT2D eigenvalue weighted by Gasteiger charge is 2.20. The lowest BCUT2D eigenvalue weighted by atomic mass is 10.1. The monoisotopic (exact) mass is 401 g/mol. The van der Waals surface area contributed by atoms with Gasteiger partial charge in [-0.3, -0.25) is 14.8 Å². The number of aliphatic imine (C=N–C) groups is 1. The van der Waals surface area contributed by atoms with Crippen molar-refractivity contribution in [1.82, 2.24) is 20.9 Å². The molecular weight excluding hydrogens is 376 g/mol. The van der Waals surface area contributed by atoms with Crippen LogP contribution in [0.2, 0.25) is 0 Å². The molecule has 1 amide bonds. The number of halogens is 2. The molecule has 0 bridgehead atoms. The predicted octanol–water partition coefficient (Wildman–Crippen LogP) is 3.41. The number of hydrogen-bond acceptors (Lipinski definition) is 5. The maximum atomic E-state index is 13.3. The van der Waals surface area contributed by atoms with Gasteiger partial charge in [-0.05, 0) is 44.8 Å². The Hall–Kier alpha value is -3.13. The number of alkyl halides is 2. The third kappa shape index (κ3) is 5.92. The summed E-state index contributed by atoms with van der Waals surface area (Å²) in [5, 5.41) is 8.61. The summed E-state index contributed by atoms with van der Waals surface area (Å²) in [6, 6.07) is 9.19. The average Bonchev–Trinajstić information content (AvgIpc) is 2.71. The lowest BCUT2D eigenvalue weighted by Crippen LogP contribution is -2.34. The van der Waals surface area contributed by atoms with Crippen LogP contribution in [-0.4, -0.2) is 31.3 Å². The molecule has 1 aromatic heterocycles. The number of carbonyl (C=O) groups is 1. The van der Waals surface area contributed by atoms with Crippen LogP contribution in [0, 0.1) is 6.92 Å². The van der Waals surface area contributed by atoms with Crippen LogP contribution in [0.5, 0.6) is 0 Å². The normalized spacial score (nSPS) is 11.8. The van der Waals surface area contributed by atoms with E-state index in [0.29, 0.717) is 23.5 Å². The van der Waals surface area contributed by atoms with Gasteiger partial charge in [0.05, 0.1) is 23.6 Å². The van der Waals surface area contributed by atoms with Gasteiger partial charge in [0.15, 0.2) is 0 Å². The van der Waals surface area contributed by atoms with Crippen molar-refractivity contribution in [2.45, 2.75) is 26.8 Å². The van der Waals surface area contributed by atoms with Crippen molar-refractivity contribution in [3.8, 4) is 0 Å². The number of amides is 1. The van der Waals surface area contributed by atoms with Gasteiger partial charge in [0.2, 0.25) is 0 Å². The molecule has 3 N–H and O–H groups in total. The molecule has 154 valence electrons. The number of rotatable bonds is 9. The number of aromatic nitrogens is 1. The van der Waals surface area contributed by atoms with E-state index in [9.17, 15) is 13.6 Å². The van der Waals surface area contributed by atoms with Crippen molar-refractivity contribution in [1.29, 1.82) is 0 Å². The van der Waals surface area contributed by atoms with Gasteiger partial charge in [-0.2, -0.15) is 0 Å². The molecule has 0 aliphatic rings. The smallest absolute Gasteiger partial charge is 0.281 e. The SMILES string of the molecule is C=N/C(C)=C(\NCNC(=O)c1cc(CNC)cnc1C(F)F)c1ccc(C)cc1. The quantitative estimate of drug-likeness (QED) is 0.444. The van der Waals surface area contributed by atoms with E-state index in [2.05, 4.69) is 32.6 Å². The molecule has 29 heavy (non-hydrogen) atoms. The first kappa shape index (κ1) is 22.2. The van der Waals surface area contributed by atoms with Crippen LogP contribution in [0.1, 0.15) is 46.1 Å². The standard InChI is InChI=1S/C21H25F2N5O/c1-13-5-7-16(8-6-13)18(14(2)25-4)27-12-28-21(29)17-9-15(10-24-3)11-26-19(17)20(22)23/h5-9,11,20,24,27H,4,10,12H2,1-3H3,(H,28,29)/b18-14-. The summed E-state index contributed by atoms with van der Waals surface area (Å²) in [4.78, 5) is 20.2. The molecule has 2 aromatic rings. The van der Waals surface area contributed by atoms with E-state index in [0.717, 1.165) is 11.1 Å². The van der Waals surface area contributed by atoms with E-state index >= 15 is 0 Å². The van der Waals surface area contributed by atoms with Crippen molar-refractivity contribution in [2.24, 2.45) is 4.99 Å². The molecule has 0 saturated heterocycles. The first-order valence-electron chi connectivity index (χ1n) is 9.05. The molecule has 2 rings (SSSR count). The van der Waals surface area contributed by atoms with E-state index < -0.39 is 18.0 Å². The number of allylic oxidation sites excluding steroid dienone is 1. The van der Waals surface area contributed by atoms with E-state index in [-0.39, 0.29) is 12.2 Å². The number of hydrogen-bond donors (Lipinski definition) is 3. The summed E-state index contributed by atoms with van der Waals surface area (Å²) in [6.45, 7) is 7.75. The Morgan fingerprint density at radius 2 is 1.93 bits per heavy atom. The van der Waals surface area contributed by atoms with Gasteiger partial charge >= 0.3 is 0 Å². The number of carbonyl (C=O) groups excluding carboxylic acids is 1. The highest BCUT2D eigenvalue weighted by Crippen LogP contribution is 2.22. The van der Waals surface area contributed by atoms with Gasteiger partial charge in [0.25, 0.3) is 12.3 Å². The summed E-state index contributed by atoms with van der Waals surface area (Å²) in [7, 11) is 1.72. The van der Waals surface area contributed by atoms with Crippen LogP contribution in [0.3, 0.4) is 0 Å². The van der Waals surface area contributed by atoms with Crippen LogP contribution < -0.4 is 16.0 Å². The Balaban J connectivity index is 2.16. The average molecular weight is 401 g/mol. The molecule has 0 aliphatic heterocycles. The van der Waals surface area contributed by atoms with Gasteiger partial charge in [0, 0.05) is 12.7 Å². The fraction of sp³-hybridized carbons (Fsp3) is 0.286. The number of nitrogens with one attached hydrogen (secondary N) is 3. The molecule has 0 fully saturated rings. The van der Waals surface area contributed by atoms with Gasteiger partial charge in [0.1, 0.15) is 5.69 Å². The summed E-state index contributed by atoms with van der Waals surface area (Å²) < 4.78 is 26.5. The molecule has 8 heteroatoms. The Morgan fingerprint density at radius 1 is 1.24 bits per heavy atom. The Labute approximate surface area is 169 Å². The minimum Gasteiger partial charge on any atom is -0.366 e. The fourth-order valence-corrected chi connectivity index (χ4v) is 2.72. The van der Waals surface area contributed by atoms with Crippen LogP contribution in [0.4, 0.5) is 8.78 Å². The predicted molar refractivity (Wildman–Crippen MR) is 111 cm³/mol. The third-order valence-electron chi connectivity index (χ3n) is 4.26. The number of pyridine rings is 1. The topological polar surface area (TPSA) is 78.4 Å². The van der Waals surface area contributed by atoms with Crippen LogP contribution in [0.25, 0.3) is 5.70 Å². The van der Waals surface area contributed by atoms with Crippen LogP contribution >= 0.6 is 0 Å². The number of benzene rings is 1. The van der Waals surface area contributed by atoms with Gasteiger partial charge in [-0.25, -0.2) is 8.78 Å². The molecule has 0 spiro atoms. The van der Waals surface area contributed by atoms with E-state index in [1.165, 1.54) is 12.3 Å². The number of nitrogens with zero attached hydrogens (tertiary/aromatic N) is 2. The van der Waals surface area contributed by atoms with Crippen molar-refractivity contribution >= 4 is 18.3 Å². The van der Waals surface area contributed by atoms with E-state index in [1.807, 2.05) is 31.2 Å². The minimum atomic E-state index is -2.84. The molecule has 1 aromatic carbocycles. The van der Waals surface area contributed by atoms with Crippen molar-refractivity contribution in [3.05, 3.63) is 70.2 Å². The zero-order valence-corrected chi connectivity index (χ0v) is 16.7. The lowest BCUT2D eigenvalue weighted by molar-refractivity contribution is 0.0935. The highest BCUT2D eigenvalue weighted by atomic mass is 19.3. The summed E-state index contributed by atoms with van der Waals surface area (Å²) in [6.07, 6.45) is -1.51. The fourth-order valence-electron chi connectivity index (χ4n) is 2.72. The zero-order chi connectivity index (χ0) is 21.4. The molecule has 0 radical (unpaired) electrons. The van der Waals surface area contributed by atoms with E-state index in [1.54, 1.807) is 14.0 Å². The van der Waals surface area contributed by atoms with Crippen molar-refractivity contribution in [2.75, 3.05) is 13.7 Å². The highest BCUT2D eigenvalue weighted by molar-refractivity contribution is 5.95. The molecule has 0 atom stereocenters. The Kier molecular flexibility index (Phi) is 7.97. The molecule has 6 nitrogen and oxygen atoms in total. The van der Waals surface area contributed by atoms with Gasteiger partial charge in [-0.15, -0.1) is 0 Å².